The summed E-state index contributed by atoms with van der Waals surface area (Å²) in [5, 5.41) is 0. The molecule has 18 heavy (non-hydrogen) atoms. The molecule has 3 rings (SSSR count). The number of rotatable bonds is 2. The second-order valence-corrected chi connectivity index (χ2v) is 5.79. The van der Waals surface area contributed by atoms with E-state index >= 15 is 0 Å². The normalized spacial score (nSPS) is 23.1. The third-order valence-corrected chi connectivity index (χ3v) is 3.46. The molecule has 5 nitrogen and oxygen atoms in total. The van der Waals surface area contributed by atoms with Crippen molar-refractivity contribution in [2.75, 3.05) is 24.6 Å². The Hall–Kier alpha value is -1.36. The molecule has 0 amide bonds. The van der Waals surface area contributed by atoms with Gasteiger partial charge in [-0.15, -0.1) is 0 Å². The Labute approximate surface area is 106 Å². The summed E-state index contributed by atoms with van der Waals surface area (Å²) in [4.78, 5) is 21.3. The van der Waals surface area contributed by atoms with Crippen LogP contribution in [0.4, 0.5) is 5.82 Å². The van der Waals surface area contributed by atoms with Crippen LogP contribution in [0.2, 0.25) is 0 Å². The van der Waals surface area contributed by atoms with Crippen LogP contribution in [0, 0.1) is 0 Å². The zero-order chi connectivity index (χ0) is 12.8. The molecule has 0 bridgehead atoms. The van der Waals surface area contributed by atoms with Crippen LogP contribution < -0.4 is 10.5 Å². The molecule has 2 fully saturated rings. The number of nitrogens with zero attached hydrogens (tertiary/aromatic N) is 2. The van der Waals surface area contributed by atoms with Gasteiger partial charge in [-0.3, -0.25) is 4.79 Å². The van der Waals surface area contributed by atoms with Crippen LogP contribution in [0.15, 0.2) is 10.9 Å². The van der Waals surface area contributed by atoms with Crippen LogP contribution in [0.5, 0.6) is 0 Å². The molecular weight excluding hydrogens is 230 g/mol. The number of H-pyrrole nitrogens is 1. The first-order valence-corrected chi connectivity index (χ1v) is 6.54. The molecule has 5 heteroatoms. The van der Waals surface area contributed by atoms with Crippen LogP contribution >= 0.6 is 0 Å². The van der Waals surface area contributed by atoms with Gasteiger partial charge in [0.25, 0.3) is 5.56 Å². The molecule has 0 spiro atoms. The lowest BCUT2D eigenvalue weighted by molar-refractivity contribution is -0.0279. The van der Waals surface area contributed by atoms with Crippen molar-refractivity contribution in [1.82, 2.24) is 9.97 Å². The highest BCUT2D eigenvalue weighted by atomic mass is 16.5. The Kier molecular flexibility index (Phi) is 2.66. The largest absolute Gasteiger partial charge is 0.372 e. The maximum atomic E-state index is 11.7. The van der Waals surface area contributed by atoms with Crippen molar-refractivity contribution in [1.29, 1.82) is 0 Å². The number of anilines is 1. The van der Waals surface area contributed by atoms with Gasteiger partial charge < -0.3 is 14.6 Å². The molecule has 1 saturated carbocycles. The number of nitrogens with one attached hydrogen (secondary N) is 1. The molecule has 98 valence electrons. The minimum Gasteiger partial charge on any atom is -0.372 e. The summed E-state index contributed by atoms with van der Waals surface area (Å²) in [6.45, 7) is 6.38. The van der Waals surface area contributed by atoms with Gasteiger partial charge in [-0.1, -0.05) is 0 Å². The fourth-order valence-corrected chi connectivity index (χ4v) is 2.39. The lowest BCUT2D eigenvalue weighted by Gasteiger charge is -2.38. The van der Waals surface area contributed by atoms with Crippen LogP contribution in [-0.4, -0.2) is 35.3 Å². The minimum atomic E-state index is -0.178. The van der Waals surface area contributed by atoms with Crippen molar-refractivity contribution >= 4 is 5.82 Å². The minimum absolute atomic E-state index is 0.0498. The lowest BCUT2D eigenvalue weighted by Crippen LogP contribution is -2.49. The molecule has 1 aromatic heterocycles. The van der Waals surface area contributed by atoms with Crippen molar-refractivity contribution < 1.29 is 4.74 Å². The second kappa shape index (κ2) is 4.09. The molecule has 0 atom stereocenters. The zero-order valence-corrected chi connectivity index (χ0v) is 10.9. The van der Waals surface area contributed by atoms with E-state index in [9.17, 15) is 4.79 Å². The maximum Gasteiger partial charge on any atom is 0.252 e. The van der Waals surface area contributed by atoms with Crippen molar-refractivity contribution in [3.63, 3.8) is 0 Å². The van der Waals surface area contributed by atoms with Crippen LogP contribution in [-0.2, 0) is 4.74 Å². The molecule has 1 aromatic rings. The number of aromatic nitrogens is 2. The quantitative estimate of drug-likeness (QED) is 0.857. The molecule has 1 N–H and O–H groups in total. The number of hydrogen-bond donors (Lipinski definition) is 1. The average Bonchev–Trinajstić information content (AvgIpc) is 3.10. The first-order valence-electron chi connectivity index (χ1n) is 6.54. The maximum absolute atomic E-state index is 11.7. The van der Waals surface area contributed by atoms with E-state index in [1.165, 1.54) is 0 Å². The highest BCUT2D eigenvalue weighted by molar-refractivity contribution is 5.39. The third-order valence-electron chi connectivity index (χ3n) is 3.46. The van der Waals surface area contributed by atoms with Gasteiger partial charge in [-0.25, -0.2) is 4.98 Å². The summed E-state index contributed by atoms with van der Waals surface area (Å²) in [7, 11) is 0. The standard InChI is InChI=1S/C13H19N3O2/c1-13(2)8-16(5-6-18-13)10-7-11(17)15-12(14-10)9-3-4-9/h7,9H,3-6,8H2,1-2H3,(H,14,15,17). The summed E-state index contributed by atoms with van der Waals surface area (Å²) in [5.74, 6) is 2.10. The Morgan fingerprint density at radius 1 is 1.50 bits per heavy atom. The summed E-state index contributed by atoms with van der Waals surface area (Å²) < 4.78 is 5.68. The van der Waals surface area contributed by atoms with E-state index in [4.69, 9.17) is 4.74 Å². The zero-order valence-electron chi connectivity index (χ0n) is 10.9. The molecule has 1 aliphatic carbocycles. The number of aromatic amines is 1. The number of hydrogen-bond acceptors (Lipinski definition) is 4. The lowest BCUT2D eigenvalue weighted by atomic mass is 10.1. The van der Waals surface area contributed by atoms with Crippen LogP contribution in [0.3, 0.4) is 0 Å². The van der Waals surface area contributed by atoms with E-state index in [1.807, 2.05) is 0 Å². The van der Waals surface area contributed by atoms with E-state index in [-0.39, 0.29) is 11.2 Å². The van der Waals surface area contributed by atoms with Crippen molar-refractivity contribution in [2.24, 2.45) is 0 Å². The Morgan fingerprint density at radius 2 is 2.28 bits per heavy atom. The van der Waals surface area contributed by atoms with Crippen molar-refractivity contribution in [3.8, 4) is 0 Å². The van der Waals surface area contributed by atoms with Gasteiger partial charge in [0.15, 0.2) is 0 Å². The van der Waals surface area contributed by atoms with Gasteiger partial charge in [0, 0.05) is 25.1 Å². The molecule has 1 saturated heterocycles. The van der Waals surface area contributed by atoms with Gasteiger partial charge in [-0.05, 0) is 26.7 Å². The highest BCUT2D eigenvalue weighted by Gasteiger charge is 2.30. The van der Waals surface area contributed by atoms with Crippen LogP contribution in [0.25, 0.3) is 0 Å². The fourth-order valence-electron chi connectivity index (χ4n) is 2.39. The molecule has 2 heterocycles. The molecule has 0 unspecified atom stereocenters. The van der Waals surface area contributed by atoms with E-state index in [0.29, 0.717) is 12.5 Å². The van der Waals surface area contributed by atoms with Gasteiger partial charge in [0.2, 0.25) is 0 Å². The molecule has 1 aliphatic heterocycles. The predicted octanol–water partition coefficient (Wildman–Crippen LogP) is 1.26. The van der Waals surface area contributed by atoms with Gasteiger partial charge in [0.1, 0.15) is 11.6 Å². The van der Waals surface area contributed by atoms with E-state index in [0.717, 1.165) is 37.6 Å². The summed E-state index contributed by atoms with van der Waals surface area (Å²) in [5.41, 5.74) is -0.228. The van der Waals surface area contributed by atoms with Crippen LogP contribution in [0.1, 0.15) is 38.4 Å². The summed E-state index contributed by atoms with van der Waals surface area (Å²) >= 11 is 0. The Bertz CT molecular complexity index is 505. The van der Waals surface area contributed by atoms with E-state index in [1.54, 1.807) is 6.07 Å². The monoisotopic (exact) mass is 249 g/mol. The number of morpholine rings is 1. The second-order valence-electron chi connectivity index (χ2n) is 5.79. The SMILES string of the molecule is CC1(C)CN(c2cc(=O)[nH]c(C3CC3)n2)CCO1. The first-order chi connectivity index (χ1) is 8.53. The third kappa shape index (κ3) is 2.41. The highest BCUT2D eigenvalue weighted by Crippen LogP contribution is 2.38. The van der Waals surface area contributed by atoms with Gasteiger partial charge >= 0.3 is 0 Å². The average molecular weight is 249 g/mol. The summed E-state index contributed by atoms with van der Waals surface area (Å²) in [6, 6.07) is 1.59. The topological polar surface area (TPSA) is 58.2 Å². The molecule has 2 aliphatic rings. The summed E-state index contributed by atoms with van der Waals surface area (Å²) in [6.07, 6.45) is 2.28. The first kappa shape index (κ1) is 11.7. The van der Waals surface area contributed by atoms with Crippen molar-refractivity contribution in [2.45, 2.75) is 38.2 Å². The Balaban J connectivity index is 1.89. The predicted molar refractivity (Wildman–Crippen MR) is 69.1 cm³/mol. The fraction of sp³-hybridized carbons (Fsp3) is 0.692. The van der Waals surface area contributed by atoms with Gasteiger partial charge in [-0.2, -0.15) is 0 Å². The van der Waals surface area contributed by atoms with Gasteiger partial charge in [0.05, 0.1) is 12.2 Å². The smallest absolute Gasteiger partial charge is 0.252 e. The van der Waals surface area contributed by atoms with E-state index < -0.39 is 0 Å². The molecule has 0 aromatic carbocycles. The molecular formula is C13H19N3O2. The Morgan fingerprint density at radius 3 is 2.94 bits per heavy atom. The molecule has 0 radical (unpaired) electrons. The number of ether oxygens (including phenoxy) is 1. The van der Waals surface area contributed by atoms with E-state index in [2.05, 4.69) is 28.7 Å². The van der Waals surface area contributed by atoms with Crippen molar-refractivity contribution in [3.05, 3.63) is 22.2 Å².